The lowest BCUT2D eigenvalue weighted by Crippen LogP contribution is -2.54. The Labute approximate surface area is 183 Å². The number of primary amides is 1. The number of non-ortho nitro benzene ring substituents is 1. The third-order valence-electron chi connectivity index (χ3n) is 4.58. The number of nitrogens with one attached hydrogen (secondary N) is 2. The highest BCUT2D eigenvalue weighted by molar-refractivity contribution is 5.91. The summed E-state index contributed by atoms with van der Waals surface area (Å²) in [6, 6.07) is 7.00. The highest BCUT2D eigenvalue weighted by Crippen LogP contribution is 2.25. The van der Waals surface area contributed by atoms with Gasteiger partial charge >= 0.3 is 0 Å². The lowest BCUT2D eigenvalue weighted by Gasteiger charge is -2.22. The van der Waals surface area contributed by atoms with E-state index in [1.165, 1.54) is 50.4 Å². The molecule has 4 N–H and O–H groups in total. The SMILES string of the molecule is COc1ccc([N+](=O)[O-])cc1C[C@@H](NC(=O)[C@H](Cc1cccc(F)c1)NC(C)=O)C(N)=O. The molecule has 170 valence electrons. The molecular weight excluding hydrogens is 423 g/mol. The fourth-order valence-corrected chi connectivity index (χ4v) is 3.11. The molecule has 0 aliphatic carbocycles. The van der Waals surface area contributed by atoms with Gasteiger partial charge in [0.15, 0.2) is 0 Å². The van der Waals surface area contributed by atoms with E-state index in [4.69, 9.17) is 10.5 Å². The molecule has 0 saturated carbocycles. The van der Waals surface area contributed by atoms with Crippen LogP contribution < -0.4 is 21.1 Å². The maximum absolute atomic E-state index is 13.5. The smallest absolute Gasteiger partial charge is 0.269 e. The number of halogens is 1. The first-order chi connectivity index (χ1) is 15.1. The van der Waals surface area contributed by atoms with Crippen molar-refractivity contribution >= 4 is 23.4 Å². The van der Waals surface area contributed by atoms with E-state index in [0.29, 0.717) is 5.56 Å². The van der Waals surface area contributed by atoms with Gasteiger partial charge in [0, 0.05) is 37.5 Å². The number of hydrogen-bond donors (Lipinski definition) is 3. The molecule has 0 aromatic heterocycles. The molecule has 2 atom stereocenters. The van der Waals surface area contributed by atoms with Crippen molar-refractivity contribution in [2.24, 2.45) is 5.73 Å². The van der Waals surface area contributed by atoms with E-state index in [9.17, 15) is 28.9 Å². The molecule has 0 heterocycles. The van der Waals surface area contributed by atoms with Gasteiger partial charge in [0.05, 0.1) is 12.0 Å². The van der Waals surface area contributed by atoms with Gasteiger partial charge in [0.1, 0.15) is 23.7 Å². The zero-order valence-electron chi connectivity index (χ0n) is 17.5. The van der Waals surface area contributed by atoms with Crippen molar-refractivity contribution in [1.82, 2.24) is 10.6 Å². The van der Waals surface area contributed by atoms with Crippen LogP contribution in [0.3, 0.4) is 0 Å². The fourth-order valence-electron chi connectivity index (χ4n) is 3.11. The molecule has 3 amide bonds. The summed E-state index contributed by atoms with van der Waals surface area (Å²) in [5.74, 6) is -2.35. The van der Waals surface area contributed by atoms with E-state index in [0.717, 1.165) is 0 Å². The van der Waals surface area contributed by atoms with Crippen LogP contribution in [-0.2, 0) is 27.2 Å². The Balaban J connectivity index is 2.25. The number of nitro benzene ring substituents is 1. The summed E-state index contributed by atoms with van der Waals surface area (Å²) in [6.07, 6.45) is -0.215. The maximum atomic E-state index is 13.5. The first-order valence-corrected chi connectivity index (χ1v) is 9.53. The maximum Gasteiger partial charge on any atom is 0.269 e. The Morgan fingerprint density at radius 3 is 2.41 bits per heavy atom. The molecule has 0 fully saturated rings. The molecule has 2 aromatic carbocycles. The first kappa shape index (κ1) is 24.3. The van der Waals surface area contributed by atoms with Crippen molar-refractivity contribution in [1.29, 1.82) is 0 Å². The van der Waals surface area contributed by atoms with E-state index in [2.05, 4.69) is 10.6 Å². The van der Waals surface area contributed by atoms with Gasteiger partial charge < -0.3 is 21.1 Å². The van der Waals surface area contributed by atoms with Crippen LogP contribution in [0.1, 0.15) is 18.1 Å². The molecule has 0 aliphatic heterocycles. The van der Waals surface area contributed by atoms with Gasteiger partial charge in [0.2, 0.25) is 17.7 Å². The van der Waals surface area contributed by atoms with Gasteiger partial charge in [0.25, 0.3) is 5.69 Å². The predicted octanol–water partition coefficient (Wildman–Crippen LogP) is 1.00. The monoisotopic (exact) mass is 446 g/mol. The fraction of sp³-hybridized carbons (Fsp3) is 0.286. The Morgan fingerprint density at radius 2 is 1.84 bits per heavy atom. The Bertz CT molecular complexity index is 1030. The molecule has 32 heavy (non-hydrogen) atoms. The Morgan fingerprint density at radius 1 is 1.12 bits per heavy atom. The van der Waals surface area contributed by atoms with Crippen molar-refractivity contribution < 1.29 is 28.4 Å². The molecule has 0 spiro atoms. The van der Waals surface area contributed by atoms with Crippen LogP contribution in [0, 0.1) is 15.9 Å². The topological polar surface area (TPSA) is 154 Å². The Kier molecular flexibility index (Phi) is 8.22. The first-order valence-electron chi connectivity index (χ1n) is 9.53. The van der Waals surface area contributed by atoms with E-state index in [1.807, 2.05) is 0 Å². The summed E-state index contributed by atoms with van der Waals surface area (Å²) in [7, 11) is 1.36. The summed E-state index contributed by atoms with van der Waals surface area (Å²) < 4.78 is 18.7. The molecule has 0 unspecified atom stereocenters. The number of benzene rings is 2. The molecule has 10 nitrogen and oxygen atoms in total. The largest absolute Gasteiger partial charge is 0.496 e. The number of carbonyl (C=O) groups is 3. The van der Waals surface area contributed by atoms with E-state index in [-0.39, 0.29) is 29.8 Å². The van der Waals surface area contributed by atoms with Crippen LogP contribution in [0.4, 0.5) is 10.1 Å². The number of rotatable bonds is 10. The molecular formula is C21H23FN4O6. The van der Waals surface area contributed by atoms with Crippen molar-refractivity contribution in [3.8, 4) is 5.75 Å². The van der Waals surface area contributed by atoms with Gasteiger partial charge in [-0.3, -0.25) is 24.5 Å². The summed E-state index contributed by atoms with van der Waals surface area (Å²) in [4.78, 5) is 46.9. The second-order valence-corrected chi connectivity index (χ2v) is 7.01. The van der Waals surface area contributed by atoms with E-state index < -0.39 is 40.5 Å². The number of amides is 3. The highest BCUT2D eigenvalue weighted by atomic mass is 19.1. The molecule has 0 saturated heterocycles. The predicted molar refractivity (Wildman–Crippen MR) is 112 cm³/mol. The average molecular weight is 446 g/mol. The van der Waals surface area contributed by atoms with Crippen LogP contribution in [0.2, 0.25) is 0 Å². The molecule has 2 aromatic rings. The number of carbonyl (C=O) groups excluding carboxylic acids is 3. The van der Waals surface area contributed by atoms with E-state index in [1.54, 1.807) is 6.07 Å². The van der Waals surface area contributed by atoms with Crippen LogP contribution >= 0.6 is 0 Å². The lowest BCUT2D eigenvalue weighted by atomic mass is 10.0. The van der Waals surface area contributed by atoms with Crippen LogP contribution in [0.5, 0.6) is 5.75 Å². The summed E-state index contributed by atoms with van der Waals surface area (Å²) in [5.41, 5.74) is 5.94. The summed E-state index contributed by atoms with van der Waals surface area (Å²) >= 11 is 0. The minimum atomic E-state index is -1.25. The van der Waals surface area contributed by atoms with Crippen molar-refractivity contribution in [3.05, 3.63) is 69.5 Å². The zero-order chi connectivity index (χ0) is 23.8. The number of nitro groups is 1. The molecule has 2 rings (SSSR count). The number of methoxy groups -OCH3 is 1. The van der Waals surface area contributed by atoms with Gasteiger partial charge in [-0.2, -0.15) is 0 Å². The summed E-state index contributed by atoms with van der Waals surface area (Å²) in [6.45, 7) is 1.21. The van der Waals surface area contributed by atoms with Gasteiger partial charge in [-0.15, -0.1) is 0 Å². The molecule has 0 aliphatic rings. The van der Waals surface area contributed by atoms with E-state index >= 15 is 0 Å². The third kappa shape index (κ3) is 6.76. The molecule has 0 radical (unpaired) electrons. The second kappa shape index (κ2) is 10.8. The van der Waals surface area contributed by atoms with Crippen LogP contribution in [0.15, 0.2) is 42.5 Å². The third-order valence-corrected chi connectivity index (χ3v) is 4.58. The lowest BCUT2D eigenvalue weighted by molar-refractivity contribution is -0.384. The normalized spacial score (nSPS) is 12.3. The van der Waals surface area contributed by atoms with Gasteiger partial charge in [-0.1, -0.05) is 12.1 Å². The minimum Gasteiger partial charge on any atom is -0.496 e. The van der Waals surface area contributed by atoms with Crippen molar-refractivity contribution in [2.75, 3.05) is 7.11 Å². The standard InChI is InChI=1S/C21H23FN4O6/c1-12(27)24-18(9-13-4-3-5-15(22)8-13)21(29)25-17(20(23)28)11-14-10-16(26(30)31)6-7-19(14)32-2/h3-8,10,17-18H,9,11H2,1-2H3,(H2,23,28)(H,24,27)(H,25,29)/t17-,18+/m1/s1. The second-order valence-electron chi connectivity index (χ2n) is 7.01. The summed E-state index contributed by atoms with van der Waals surface area (Å²) in [5, 5.41) is 16.0. The van der Waals surface area contributed by atoms with Crippen LogP contribution in [-0.4, -0.2) is 41.8 Å². The molecule has 11 heteroatoms. The van der Waals surface area contributed by atoms with Crippen molar-refractivity contribution in [3.63, 3.8) is 0 Å². The average Bonchev–Trinajstić information content (AvgIpc) is 2.72. The minimum absolute atomic E-state index is 0.0330. The highest BCUT2D eigenvalue weighted by Gasteiger charge is 2.27. The quantitative estimate of drug-likeness (QED) is 0.365. The molecule has 0 bridgehead atoms. The van der Waals surface area contributed by atoms with Gasteiger partial charge in [-0.05, 0) is 23.8 Å². The van der Waals surface area contributed by atoms with Gasteiger partial charge in [-0.25, -0.2) is 4.39 Å². The number of ether oxygens (including phenoxy) is 1. The number of nitrogens with zero attached hydrogens (tertiary/aromatic N) is 1. The number of nitrogens with two attached hydrogens (primary N) is 1. The number of hydrogen-bond acceptors (Lipinski definition) is 6. The van der Waals surface area contributed by atoms with Crippen LogP contribution in [0.25, 0.3) is 0 Å². The Hall–Kier alpha value is -4.02. The zero-order valence-corrected chi connectivity index (χ0v) is 17.5. The van der Waals surface area contributed by atoms with Crippen molar-refractivity contribution in [2.45, 2.75) is 31.8 Å².